The van der Waals surface area contributed by atoms with Gasteiger partial charge in [-0.2, -0.15) is 0 Å². The normalized spacial score (nSPS) is 19.6. The Morgan fingerprint density at radius 1 is 1.38 bits per heavy atom. The molecule has 0 aromatic carbocycles. The predicted octanol–water partition coefficient (Wildman–Crippen LogP) is 2.75. The molecule has 0 radical (unpaired) electrons. The van der Waals surface area contributed by atoms with E-state index < -0.39 is 11.5 Å². The first kappa shape index (κ1) is 13.5. The van der Waals surface area contributed by atoms with Crippen LogP contribution in [0.3, 0.4) is 0 Å². The highest BCUT2D eigenvalue weighted by Crippen LogP contribution is 2.34. The second kappa shape index (κ2) is 5.67. The Morgan fingerprint density at radius 2 is 1.94 bits per heavy atom. The molecule has 1 aliphatic rings. The van der Waals surface area contributed by atoms with Crippen molar-refractivity contribution in [1.82, 2.24) is 4.90 Å². The van der Waals surface area contributed by atoms with Crippen LogP contribution in [0.2, 0.25) is 0 Å². The van der Waals surface area contributed by atoms with Crippen LogP contribution in [0.4, 0.5) is 0 Å². The largest absolute Gasteiger partial charge is 0.480 e. The van der Waals surface area contributed by atoms with E-state index in [-0.39, 0.29) is 0 Å². The van der Waals surface area contributed by atoms with Gasteiger partial charge in [-0.1, -0.05) is 26.7 Å². The first-order chi connectivity index (χ1) is 7.49. The average Bonchev–Trinajstić information content (AvgIpc) is 2.66. The summed E-state index contributed by atoms with van der Waals surface area (Å²) >= 11 is 0. The molecule has 16 heavy (non-hydrogen) atoms. The highest BCUT2D eigenvalue weighted by molar-refractivity contribution is 5.79. The molecule has 1 rings (SSSR count). The van der Waals surface area contributed by atoms with E-state index in [1.165, 1.54) is 6.42 Å². The zero-order valence-corrected chi connectivity index (χ0v) is 10.8. The van der Waals surface area contributed by atoms with Crippen LogP contribution >= 0.6 is 0 Å². The quantitative estimate of drug-likeness (QED) is 0.758. The molecule has 0 aromatic heterocycles. The van der Waals surface area contributed by atoms with Gasteiger partial charge in [0.25, 0.3) is 0 Å². The van der Waals surface area contributed by atoms with E-state index in [9.17, 15) is 9.90 Å². The molecular formula is C13H25NO2. The van der Waals surface area contributed by atoms with E-state index >= 15 is 0 Å². The van der Waals surface area contributed by atoms with Crippen molar-refractivity contribution < 1.29 is 9.90 Å². The molecule has 0 atom stereocenters. The molecule has 1 fully saturated rings. The van der Waals surface area contributed by atoms with Crippen LogP contribution in [0.5, 0.6) is 0 Å². The van der Waals surface area contributed by atoms with Gasteiger partial charge in [0.2, 0.25) is 0 Å². The fourth-order valence-electron chi connectivity index (χ4n) is 2.67. The zero-order chi connectivity index (χ0) is 12.2. The number of nitrogens with zero attached hydrogens (tertiary/aromatic N) is 1. The summed E-state index contributed by atoms with van der Waals surface area (Å²) < 4.78 is 0. The number of rotatable bonds is 6. The van der Waals surface area contributed by atoms with Gasteiger partial charge >= 0.3 is 5.97 Å². The Morgan fingerprint density at radius 3 is 2.38 bits per heavy atom. The third-order valence-electron chi connectivity index (χ3n) is 3.83. The van der Waals surface area contributed by atoms with E-state index in [2.05, 4.69) is 18.7 Å². The van der Waals surface area contributed by atoms with Crippen LogP contribution < -0.4 is 0 Å². The molecule has 0 amide bonds. The lowest BCUT2D eigenvalue weighted by Crippen LogP contribution is -2.51. The van der Waals surface area contributed by atoms with Gasteiger partial charge in [-0.3, -0.25) is 9.69 Å². The Labute approximate surface area is 98.8 Å². The maximum absolute atomic E-state index is 11.4. The highest BCUT2D eigenvalue weighted by Gasteiger charge is 2.44. The SMILES string of the molecule is CC(C)CCCN(C)C1(C(=O)O)CCCC1. The topological polar surface area (TPSA) is 40.5 Å². The summed E-state index contributed by atoms with van der Waals surface area (Å²) in [6.45, 7) is 5.33. The number of carbonyl (C=O) groups is 1. The van der Waals surface area contributed by atoms with Crippen LogP contribution in [0.1, 0.15) is 52.4 Å². The van der Waals surface area contributed by atoms with Crippen molar-refractivity contribution in [2.45, 2.75) is 57.9 Å². The first-order valence-electron chi connectivity index (χ1n) is 6.43. The maximum atomic E-state index is 11.4. The van der Waals surface area contributed by atoms with E-state index in [1.54, 1.807) is 0 Å². The van der Waals surface area contributed by atoms with E-state index in [1.807, 2.05) is 7.05 Å². The van der Waals surface area contributed by atoms with Crippen molar-refractivity contribution in [2.24, 2.45) is 5.92 Å². The van der Waals surface area contributed by atoms with Crippen LogP contribution in [0, 0.1) is 5.92 Å². The molecule has 0 spiro atoms. The van der Waals surface area contributed by atoms with Gasteiger partial charge < -0.3 is 5.11 Å². The standard InChI is InChI=1S/C13H25NO2/c1-11(2)7-6-10-14(3)13(12(15)16)8-4-5-9-13/h11H,4-10H2,1-3H3,(H,15,16). The molecule has 3 heteroatoms. The smallest absolute Gasteiger partial charge is 0.324 e. The molecule has 94 valence electrons. The third-order valence-corrected chi connectivity index (χ3v) is 3.83. The second-order valence-electron chi connectivity index (χ2n) is 5.50. The summed E-state index contributed by atoms with van der Waals surface area (Å²) in [6.07, 6.45) is 6.03. The lowest BCUT2D eigenvalue weighted by Gasteiger charge is -2.35. The summed E-state index contributed by atoms with van der Waals surface area (Å²) in [5.74, 6) is 0.0785. The summed E-state index contributed by atoms with van der Waals surface area (Å²) in [7, 11) is 1.97. The van der Waals surface area contributed by atoms with E-state index in [4.69, 9.17) is 0 Å². The molecule has 1 N–H and O–H groups in total. The summed E-state index contributed by atoms with van der Waals surface area (Å²) in [4.78, 5) is 13.5. The molecular weight excluding hydrogens is 202 g/mol. The predicted molar refractivity (Wildman–Crippen MR) is 65.5 cm³/mol. The van der Waals surface area contributed by atoms with E-state index in [0.717, 1.165) is 38.6 Å². The van der Waals surface area contributed by atoms with Crippen molar-refractivity contribution >= 4 is 5.97 Å². The van der Waals surface area contributed by atoms with Gasteiger partial charge in [0.05, 0.1) is 0 Å². The van der Waals surface area contributed by atoms with Gasteiger partial charge in [-0.05, 0) is 45.2 Å². The van der Waals surface area contributed by atoms with Crippen molar-refractivity contribution in [2.75, 3.05) is 13.6 Å². The molecule has 0 aromatic rings. The van der Waals surface area contributed by atoms with Crippen LogP contribution in [0.25, 0.3) is 0 Å². The van der Waals surface area contributed by atoms with E-state index in [0.29, 0.717) is 5.92 Å². The monoisotopic (exact) mass is 227 g/mol. The Bertz CT molecular complexity index is 232. The van der Waals surface area contributed by atoms with Gasteiger partial charge in [0.15, 0.2) is 0 Å². The summed E-state index contributed by atoms with van der Waals surface area (Å²) in [6, 6.07) is 0. The van der Waals surface area contributed by atoms with Gasteiger partial charge in [0.1, 0.15) is 5.54 Å². The summed E-state index contributed by atoms with van der Waals surface area (Å²) in [5, 5.41) is 9.40. The van der Waals surface area contributed by atoms with Crippen LogP contribution in [-0.2, 0) is 4.79 Å². The molecule has 1 aliphatic carbocycles. The minimum absolute atomic E-state index is 0.559. The molecule has 0 aliphatic heterocycles. The molecule has 1 saturated carbocycles. The summed E-state index contributed by atoms with van der Waals surface area (Å²) in [5.41, 5.74) is -0.559. The van der Waals surface area contributed by atoms with Crippen molar-refractivity contribution in [3.05, 3.63) is 0 Å². The average molecular weight is 227 g/mol. The number of hydrogen-bond donors (Lipinski definition) is 1. The Hall–Kier alpha value is -0.570. The lowest BCUT2D eigenvalue weighted by atomic mass is 9.95. The number of likely N-dealkylation sites (N-methyl/N-ethyl adjacent to an activating group) is 1. The highest BCUT2D eigenvalue weighted by atomic mass is 16.4. The fraction of sp³-hybridized carbons (Fsp3) is 0.923. The van der Waals surface area contributed by atoms with Gasteiger partial charge in [-0.25, -0.2) is 0 Å². The Balaban J connectivity index is 2.49. The fourth-order valence-corrected chi connectivity index (χ4v) is 2.67. The van der Waals surface area contributed by atoms with Crippen molar-refractivity contribution in [1.29, 1.82) is 0 Å². The minimum atomic E-state index is -0.628. The first-order valence-corrected chi connectivity index (χ1v) is 6.43. The third kappa shape index (κ3) is 2.97. The van der Waals surface area contributed by atoms with Crippen LogP contribution in [0.15, 0.2) is 0 Å². The minimum Gasteiger partial charge on any atom is -0.480 e. The number of hydrogen-bond acceptors (Lipinski definition) is 2. The molecule has 0 bridgehead atoms. The molecule has 0 saturated heterocycles. The number of aliphatic carboxylic acids is 1. The number of carboxylic acids is 1. The van der Waals surface area contributed by atoms with Gasteiger partial charge in [0, 0.05) is 0 Å². The van der Waals surface area contributed by atoms with Crippen molar-refractivity contribution in [3.63, 3.8) is 0 Å². The second-order valence-corrected chi connectivity index (χ2v) is 5.50. The zero-order valence-electron chi connectivity index (χ0n) is 10.8. The molecule has 3 nitrogen and oxygen atoms in total. The molecule has 0 unspecified atom stereocenters. The van der Waals surface area contributed by atoms with Crippen LogP contribution in [-0.4, -0.2) is 35.1 Å². The number of carboxylic acid groups (broad SMARTS) is 1. The van der Waals surface area contributed by atoms with Gasteiger partial charge in [-0.15, -0.1) is 0 Å². The van der Waals surface area contributed by atoms with Crippen molar-refractivity contribution in [3.8, 4) is 0 Å². The Kier molecular flexibility index (Phi) is 4.78. The maximum Gasteiger partial charge on any atom is 0.324 e. The lowest BCUT2D eigenvalue weighted by molar-refractivity contribution is -0.150. The molecule has 0 heterocycles.